The molecule has 0 amide bonds. The Morgan fingerprint density at radius 1 is 1.26 bits per heavy atom. The number of halogens is 2. The molecule has 1 aliphatic heterocycles. The Kier molecular flexibility index (Phi) is 5.27. The second kappa shape index (κ2) is 6.95. The number of fused-ring (bicyclic) bond motifs is 3. The maximum Gasteiger partial charge on any atom is 0.344 e. The van der Waals surface area contributed by atoms with E-state index < -0.39 is 54.1 Å². The summed E-state index contributed by atoms with van der Waals surface area (Å²) in [5.41, 5.74) is -0.994. The molecule has 3 fully saturated rings. The maximum atomic E-state index is 14.8. The lowest BCUT2D eigenvalue weighted by atomic mass is 9.69. The van der Waals surface area contributed by atoms with Gasteiger partial charge in [-0.1, -0.05) is 20.8 Å². The summed E-state index contributed by atoms with van der Waals surface area (Å²) >= 11 is 0. The Morgan fingerprint density at radius 3 is 2.52 bits per heavy atom. The minimum atomic E-state index is -3.23. The molecule has 0 radical (unpaired) electrons. The highest BCUT2D eigenvalue weighted by Crippen LogP contribution is 2.67. The lowest BCUT2D eigenvalue weighted by Gasteiger charge is -2.42. The molecule has 2 saturated carbocycles. The van der Waals surface area contributed by atoms with E-state index in [9.17, 15) is 23.5 Å². The van der Waals surface area contributed by atoms with Gasteiger partial charge in [-0.25, -0.2) is 13.6 Å². The molecule has 1 heterocycles. The van der Waals surface area contributed by atoms with Crippen molar-refractivity contribution in [2.75, 3.05) is 13.2 Å². The topological polar surface area (TPSA) is 82.1 Å². The zero-order valence-electron chi connectivity index (χ0n) is 16.0. The first-order chi connectivity index (χ1) is 12.5. The third-order valence-corrected chi connectivity index (χ3v) is 6.17. The van der Waals surface area contributed by atoms with Crippen molar-refractivity contribution in [3.8, 4) is 0 Å². The van der Waals surface area contributed by atoms with E-state index in [0.29, 0.717) is 19.3 Å². The van der Waals surface area contributed by atoms with Crippen LogP contribution in [0.3, 0.4) is 0 Å². The average Bonchev–Trinajstić information content (AvgIpc) is 3.18. The van der Waals surface area contributed by atoms with Crippen molar-refractivity contribution >= 4 is 11.9 Å². The first-order valence-corrected chi connectivity index (χ1v) is 9.48. The smallest absolute Gasteiger partial charge is 0.344 e. The van der Waals surface area contributed by atoms with Gasteiger partial charge in [0.2, 0.25) is 0 Å². The van der Waals surface area contributed by atoms with Crippen LogP contribution in [0, 0.1) is 22.7 Å². The third kappa shape index (κ3) is 3.83. The van der Waals surface area contributed by atoms with Gasteiger partial charge in [0.1, 0.15) is 0 Å². The van der Waals surface area contributed by atoms with Crippen LogP contribution in [0.15, 0.2) is 0 Å². The van der Waals surface area contributed by atoms with Gasteiger partial charge in [-0.3, -0.25) is 4.79 Å². The van der Waals surface area contributed by atoms with Crippen LogP contribution >= 0.6 is 0 Å². The van der Waals surface area contributed by atoms with Crippen LogP contribution in [0.4, 0.5) is 8.78 Å². The Hall–Kier alpha value is -1.28. The van der Waals surface area contributed by atoms with Crippen LogP contribution in [0.25, 0.3) is 0 Å². The molecule has 0 aromatic rings. The molecule has 154 valence electrons. The van der Waals surface area contributed by atoms with Crippen molar-refractivity contribution in [2.24, 2.45) is 22.7 Å². The van der Waals surface area contributed by atoms with Crippen LogP contribution in [0.1, 0.15) is 52.9 Å². The van der Waals surface area contributed by atoms with E-state index in [0.717, 1.165) is 0 Å². The minimum Gasteiger partial charge on any atom is -0.454 e. The molecule has 5 unspecified atom stereocenters. The van der Waals surface area contributed by atoms with Gasteiger partial charge in [0.15, 0.2) is 19.0 Å². The van der Waals surface area contributed by atoms with E-state index >= 15 is 0 Å². The van der Waals surface area contributed by atoms with Gasteiger partial charge >= 0.3 is 11.9 Å². The van der Waals surface area contributed by atoms with Crippen molar-refractivity contribution in [1.29, 1.82) is 0 Å². The van der Waals surface area contributed by atoms with Crippen molar-refractivity contribution < 1.29 is 37.7 Å². The number of alkyl halides is 2. The predicted molar refractivity (Wildman–Crippen MR) is 89.7 cm³/mol. The molecular formula is C19H28F2O6. The number of hydrogen-bond donors (Lipinski definition) is 1. The molecule has 8 heteroatoms. The molecule has 1 saturated heterocycles. The summed E-state index contributed by atoms with van der Waals surface area (Å²) in [5, 5.41) is 10.0. The fraction of sp³-hybridized carbons (Fsp3) is 0.895. The van der Waals surface area contributed by atoms with Gasteiger partial charge in [-0.2, -0.15) is 0 Å². The minimum absolute atomic E-state index is 0.0465. The summed E-state index contributed by atoms with van der Waals surface area (Å²) in [6, 6.07) is 0. The van der Waals surface area contributed by atoms with Crippen molar-refractivity contribution in [3.05, 3.63) is 0 Å². The molecule has 1 N–H and O–H groups in total. The number of carbonyl (C=O) groups is 2. The Bertz CT molecular complexity index is 601. The van der Waals surface area contributed by atoms with Gasteiger partial charge in [0, 0.05) is 23.7 Å². The van der Waals surface area contributed by atoms with Gasteiger partial charge in [-0.15, -0.1) is 0 Å². The molecule has 0 aromatic carbocycles. The summed E-state index contributed by atoms with van der Waals surface area (Å²) < 4.78 is 44.6. The monoisotopic (exact) mass is 390 g/mol. The number of ether oxygens (including phenoxy) is 3. The largest absolute Gasteiger partial charge is 0.454 e. The first kappa shape index (κ1) is 20.5. The van der Waals surface area contributed by atoms with E-state index in [1.807, 2.05) is 20.8 Å². The van der Waals surface area contributed by atoms with Crippen molar-refractivity contribution in [3.63, 3.8) is 0 Å². The predicted octanol–water partition coefficient (Wildman–Crippen LogP) is 2.67. The van der Waals surface area contributed by atoms with Crippen LogP contribution in [0.2, 0.25) is 0 Å². The number of rotatable bonds is 5. The van der Waals surface area contributed by atoms with Crippen molar-refractivity contribution in [2.45, 2.75) is 71.2 Å². The fourth-order valence-electron chi connectivity index (χ4n) is 4.77. The third-order valence-electron chi connectivity index (χ3n) is 6.17. The SMILES string of the molecule is CC(C)(C)CCC(=O)OCC(=O)OC1C2CC(C1(F)F)C1(CCOC1O)C2. The van der Waals surface area contributed by atoms with Crippen molar-refractivity contribution in [1.82, 2.24) is 0 Å². The quantitative estimate of drug-likeness (QED) is 0.727. The van der Waals surface area contributed by atoms with E-state index in [-0.39, 0.29) is 24.9 Å². The summed E-state index contributed by atoms with van der Waals surface area (Å²) in [6.45, 7) is 5.53. The Labute approximate surface area is 157 Å². The standard InChI is InChI=1S/C19H28F2O6/c1-17(2,3)5-4-13(22)26-10-14(23)27-15-11-8-12(19(15,20)21)18(9-11)6-7-25-16(18)24/h11-12,15-16,24H,4-10H2,1-3H3. The summed E-state index contributed by atoms with van der Waals surface area (Å²) in [7, 11) is 0. The van der Waals surface area contributed by atoms with Gasteiger partial charge in [0.25, 0.3) is 5.92 Å². The average molecular weight is 390 g/mol. The normalized spacial score (nSPS) is 37.0. The molecule has 0 aromatic heterocycles. The molecule has 1 spiro atoms. The number of aliphatic hydroxyl groups is 1. The molecule has 27 heavy (non-hydrogen) atoms. The molecule has 2 bridgehead atoms. The first-order valence-electron chi connectivity index (χ1n) is 9.48. The summed E-state index contributed by atoms with van der Waals surface area (Å²) in [6.07, 6.45) is -1.06. The second-order valence-corrected chi connectivity index (χ2v) is 9.27. The van der Waals surface area contributed by atoms with E-state index in [1.54, 1.807) is 0 Å². The summed E-state index contributed by atoms with van der Waals surface area (Å²) in [5.74, 6) is -6.34. The molecular weight excluding hydrogens is 362 g/mol. The highest BCUT2D eigenvalue weighted by atomic mass is 19.3. The highest BCUT2D eigenvalue weighted by molar-refractivity contribution is 5.76. The molecule has 2 aliphatic carbocycles. The fourth-order valence-corrected chi connectivity index (χ4v) is 4.77. The van der Waals surface area contributed by atoms with Gasteiger partial charge < -0.3 is 19.3 Å². The van der Waals surface area contributed by atoms with Crippen LogP contribution in [-0.2, 0) is 23.8 Å². The Balaban J connectivity index is 1.52. The van der Waals surface area contributed by atoms with Crippen LogP contribution in [0.5, 0.6) is 0 Å². The number of esters is 2. The lowest BCUT2D eigenvalue weighted by molar-refractivity contribution is -0.229. The van der Waals surface area contributed by atoms with Crippen LogP contribution < -0.4 is 0 Å². The van der Waals surface area contributed by atoms with E-state index in [2.05, 4.69) is 0 Å². The molecule has 3 rings (SSSR count). The summed E-state index contributed by atoms with van der Waals surface area (Å²) in [4.78, 5) is 23.6. The number of aliphatic hydroxyl groups excluding tert-OH is 1. The maximum absolute atomic E-state index is 14.8. The number of hydrogen-bond acceptors (Lipinski definition) is 6. The highest BCUT2D eigenvalue weighted by Gasteiger charge is 2.73. The lowest BCUT2D eigenvalue weighted by Crippen LogP contribution is -2.53. The van der Waals surface area contributed by atoms with Crippen LogP contribution in [-0.4, -0.2) is 48.6 Å². The van der Waals surface area contributed by atoms with Gasteiger partial charge in [-0.05, 0) is 31.1 Å². The molecule has 3 aliphatic rings. The van der Waals surface area contributed by atoms with E-state index in [1.165, 1.54) is 0 Å². The number of carbonyl (C=O) groups excluding carboxylic acids is 2. The van der Waals surface area contributed by atoms with E-state index in [4.69, 9.17) is 14.2 Å². The Morgan fingerprint density at radius 2 is 1.96 bits per heavy atom. The zero-order chi connectivity index (χ0) is 20.0. The molecule has 6 nitrogen and oxygen atoms in total. The van der Waals surface area contributed by atoms with Gasteiger partial charge in [0.05, 0.1) is 6.61 Å². The zero-order valence-corrected chi connectivity index (χ0v) is 16.0. The second-order valence-electron chi connectivity index (χ2n) is 9.27. The molecule has 5 atom stereocenters.